The molecule has 2 aromatic carbocycles. The van der Waals surface area contributed by atoms with Gasteiger partial charge in [-0.05, 0) is 62.9 Å². The summed E-state index contributed by atoms with van der Waals surface area (Å²) in [4.78, 5) is 12.5. The number of hydrogen-bond donors (Lipinski definition) is 0. The molecule has 0 saturated heterocycles. The van der Waals surface area contributed by atoms with Gasteiger partial charge >= 0.3 is 5.97 Å². The second-order valence-electron chi connectivity index (χ2n) is 7.62. The number of carbonyl (C=O) groups is 1. The lowest BCUT2D eigenvalue weighted by molar-refractivity contribution is -0.149. The van der Waals surface area contributed by atoms with Gasteiger partial charge in [-0.2, -0.15) is 0 Å². The van der Waals surface area contributed by atoms with E-state index in [4.69, 9.17) is 9.47 Å². The van der Waals surface area contributed by atoms with Crippen molar-refractivity contribution in [3.05, 3.63) is 71.3 Å². The summed E-state index contributed by atoms with van der Waals surface area (Å²) < 4.78 is 11.4. The van der Waals surface area contributed by atoms with Crippen molar-refractivity contribution in [2.75, 3.05) is 0 Å². The molecule has 2 rings (SSSR count). The van der Waals surface area contributed by atoms with E-state index in [9.17, 15) is 4.79 Å². The molecular formula is C24H30O3. The van der Waals surface area contributed by atoms with E-state index in [0.717, 1.165) is 36.1 Å². The Kier molecular flexibility index (Phi) is 7.66. The Balaban J connectivity index is 2.05. The fourth-order valence-electron chi connectivity index (χ4n) is 2.55. The van der Waals surface area contributed by atoms with E-state index in [0.29, 0.717) is 12.2 Å². The summed E-state index contributed by atoms with van der Waals surface area (Å²) in [6, 6.07) is 17.9. The molecule has 2 aromatic rings. The van der Waals surface area contributed by atoms with Crippen LogP contribution in [0.1, 0.15) is 58.1 Å². The van der Waals surface area contributed by atoms with Gasteiger partial charge < -0.3 is 9.47 Å². The summed E-state index contributed by atoms with van der Waals surface area (Å²) in [7, 11) is 0. The summed E-state index contributed by atoms with van der Waals surface area (Å²) in [5, 5.41) is 0. The highest BCUT2D eigenvalue weighted by molar-refractivity contribution is 5.93. The molecule has 0 atom stereocenters. The van der Waals surface area contributed by atoms with Gasteiger partial charge in [-0.15, -0.1) is 0 Å². The first kappa shape index (κ1) is 20.8. The molecule has 0 bridgehead atoms. The van der Waals surface area contributed by atoms with E-state index in [1.165, 1.54) is 0 Å². The Morgan fingerprint density at radius 1 is 1.00 bits per heavy atom. The van der Waals surface area contributed by atoms with Crippen molar-refractivity contribution in [3.8, 4) is 5.75 Å². The van der Waals surface area contributed by atoms with Crippen LogP contribution in [0.3, 0.4) is 0 Å². The molecule has 0 radical (unpaired) electrons. The van der Waals surface area contributed by atoms with Crippen LogP contribution in [-0.2, 0) is 16.1 Å². The molecule has 144 valence electrons. The number of esters is 1. The van der Waals surface area contributed by atoms with Crippen LogP contribution in [0.5, 0.6) is 5.75 Å². The molecular weight excluding hydrogens is 336 g/mol. The van der Waals surface area contributed by atoms with Crippen LogP contribution in [-0.4, -0.2) is 11.6 Å². The van der Waals surface area contributed by atoms with Gasteiger partial charge in [-0.3, -0.25) is 0 Å². The average Bonchev–Trinajstić information content (AvgIpc) is 2.64. The maximum Gasteiger partial charge on any atom is 0.334 e. The number of carbonyl (C=O) groups excluding carboxylic acids is 1. The van der Waals surface area contributed by atoms with Crippen LogP contribution >= 0.6 is 0 Å². The first-order valence-electron chi connectivity index (χ1n) is 9.58. The fourth-order valence-corrected chi connectivity index (χ4v) is 2.55. The Bertz CT molecular complexity index is 737. The van der Waals surface area contributed by atoms with E-state index >= 15 is 0 Å². The average molecular weight is 367 g/mol. The third-order valence-corrected chi connectivity index (χ3v) is 3.93. The normalized spacial score (nSPS) is 11.9. The molecule has 0 aliphatic carbocycles. The molecule has 0 amide bonds. The summed E-state index contributed by atoms with van der Waals surface area (Å²) in [6.45, 7) is 8.32. The highest BCUT2D eigenvalue weighted by Gasteiger charge is 2.19. The van der Waals surface area contributed by atoms with Crippen LogP contribution in [0.15, 0.2) is 60.2 Å². The molecule has 27 heavy (non-hydrogen) atoms. The summed E-state index contributed by atoms with van der Waals surface area (Å²) in [5.41, 5.74) is 2.33. The van der Waals surface area contributed by atoms with Gasteiger partial charge in [0.25, 0.3) is 0 Å². The quantitative estimate of drug-likeness (QED) is 0.413. The van der Waals surface area contributed by atoms with Gasteiger partial charge in [0.1, 0.15) is 18.0 Å². The third-order valence-electron chi connectivity index (χ3n) is 3.93. The number of benzene rings is 2. The summed E-state index contributed by atoms with van der Waals surface area (Å²) in [6.07, 6.45) is 4.64. The van der Waals surface area contributed by atoms with Crippen molar-refractivity contribution in [1.29, 1.82) is 0 Å². The molecule has 3 nitrogen and oxygen atoms in total. The van der Waals surface area contributed by atoms with Crippen molar-refractivity contribution in [2.45, 2.75) is 59.2 Å². The van der Waals surface area contributed by atoms with E-state index < -0.39 is 5.60 Å². The van der Waals surface area contributed by atoms with Crippen molar-refractivity contribution < 1.29 is 14.3 Å². The van der Waals surface area contributed by atoms with Gasteiger partial charge in [-0.1, -0.05) is 55.8 Å². The van der Waals surface area contributed by atoms with E-state index in [1.807, 2.05) is 81.4 Å². The minimum absolute atomic E-state index is 0.236. The Hall–Kier alpha value is -2.55. The lowest BCUT2D eigenvalue weighted by atomic mass is 10.0. The molecule has 0 N–H and O–H groups in total. The molecule has 0 aliphatic rings. The number of ether oxygens (including phenoxy) is 2. The Morgan fingerprint density at radius 3 is 2.26 bits per heavy atom. The lowest BCUT2D eigenvalue weighted by Gasteiger charge is -2.20. The highest BCUT2D eigenvalue weighted by Crippen LogP contribution is 2.20. The van der Waals surface area contributed by atoms with Gasteiger partial charge in [0.15, 0.2) is 0 Å². The van der Waals surface area contributed by atoms with Crippen molar-refractivity contribution in [3.63, 3.8) is 0 Å². The molecule has 0 saturated carbocycles. The maximum absolute atomic E-state index is 12.5. The SMILES string of the molecule is CCCCC(=Cc1ccc(OCc2ccccc2)cc1)C(=O)OC(C)(C)C. The van der Waals surface area contributed by atoms with Crippen molar-refractivity contribution in [2.24, 2.45) is 0 Å². The molecule has 3 heteroatoms. The second kappa shape index (κ2) is 9.96. The van der Waals surface area contributed by atoms with Crippen LogP contribution < -0.4 is 4.74 Å². The lowest BCUT2D eigenvalue weighted by Crippen LogP contribution is -2.24. The molecule has 0 fully saturated rings. The fraction of sp³-hybridized carbons (Fsp3) is 0.375. The number of hydrogen-bond acceptors (Lipinski definition) is 3. The number of rotatable bonds is 8. The van der Waals surface area contributed by atoms with Crippen LogP contribution in [0, 0.1) is 0 Å². The second-order valence-corrected chi connectivity index (χ2v) is 7.62. The first-order chi connectivity index (χ1) is 12.9. The molecule has 0 aromatic heterocycles. The van der Waals surface area contributed by atoms with Crippen LogP contribution in [0.2, 0.25) is 0 Å². The first-order valence-corrected chi connectivity index (χ1v) is 9.58. The van der Waals surface area contributed by atoms with E-state index in [2.05, 4.69) is 6.92 Å². The summed E-state index contributed by atoms with van der Waals surface area (Å²) >= 11 is 0. The van der Waals surface area contributed by atoms with Gasteiger partial charge in [0.05, 0.1) is 0 Å². The topological polar surface area (TPSA) is 35.5 Å². The Morgan fingerprint density at radius 2 is 1.67 bits per heavy atom. The van der Waals surface area contributed by atoms with Gasteiger partial charge in [0.2, 0.25) is 0 Å². The molecule has 0 aliphatic heterocycles. The minimum atomic E-state index is -0.489. The zero-order chi connectivity index (χ0) is 19.7. The standard InChI is InChI=1S/C24H30O3/c1-5-6-12-21(23(25)27-24(2,3)4)17-19-13-15-22(16-14-19)26-18-20-10-8-7-9-11-20/h7-11,13-17H,5-6,12,18H2,1-4H3. The van der Waals surface area contributed by atoms with Gasteiger partial charge in [0, 0.05) is 5.57 Å². The zero-order valence-corrected chi connectivity index (χ0v) is 16.8. The van der Waals surface area contributed by atoms with Gasteiger partial charge in [-0.25, -0.2) is 4.79 Å². The minimum Gasteiger partial charge on any atom is -0.489 e. The predicted octanol–water partition coefficient (Wildman–Crippen LogP) is 6.18. The van der Waals surface area contributed by atoms with Crippen molar-refractivity contribution in [1.82, 2.24) is 0 Å². The molecule has 0 unspecified atom stereocenters. The predicted molar refractivity (Wildman–Crippen MR) is 111 cm³/mol. The molecule has 0 spiro atoms. The number of unbranched alkanes of at least 4 members (excludes halogenated alkanes) is 1. The zero-order valence-electron chi connectivity index (χ0n) is 16.8. The molecule has 0 heterocycles. The highest BCUT2D eigenvalue weighted by atomic mass is 16.6. The summed E-state index contributed by atoms with van der Waals surface area (Å²) in [5.74, 6) is 0.573. The van der Waals surface area contributed by atoms with Crippen LogP contribution in [0.25, 0.3) is 6.08 Å². The van der Waals surface area contributed by atoms with E-state index in [1.54, 1.807) is 0 Å². The van der Waals surface area contributed by atoms with Crippen LogP contribution in [0.4, 0.5) is 0 Å². The third kappa shape index (κ3) is 7.69. The van der Waals surface area contributed by atoms with Crippen molar-refractivity contribution >= 4 is 12.0 Å². The maximum atomic E-state index is 12.5. The van der Waals surface area contributed by atoms with E-state index in [-0.39, 0.29) is 5.97 Å². The largest absolute Gasteiger partial charge is 0.489 e. The smallest absolute Gasteiger partial charge is 0.334 e. The monoisotopic (exact) mass is 366 g/mol. The Labute approximate surface area is 163 Å².